The summed E-state index contributed by atoms with van der Waals surface area (Å²) in [5.41, 5.74) is 0. The molecule has 1 aliphatic rings. The second kappa shape index (κ2) is 37.8. The highest BCUT2D eigenvalue weighted by molar-refractivity contribution is 5.69. The van der Waals surface area contributed by atoms with E-state index in [0.717, 1.165) is 70.8 Å². The number of hydrogen-bond donors (Lipinski definition) is 0. The molecule has 0 aromatic heterocycles. The Balaban J connectivity index is 2.23. The monoisotopic (exact) mass is 808 g/mol. The van der Waals surface area contributed by atoms with Gasteiger partial charge in [0.05, 0.1) is 25.9 Å². The third-order valence-corrected chi connectivity index (χ3v) is 12.3. The minimum atomic E-state index is -0.440. The summed E-state index contributed by atoms with van der Waals surface area (Å²) in [5.74, 6) is 0.962. The van der Waals surface area contributed by atoms with Gasteiger partial charge in [-0.3, -0.25) is 9.59 Å². The van der Waals surface area contributed by atoms with E-state index in [9.17, 15) is 9.59 Å². The van der Waals surface area contributed by atoms with E-state index in [4.69, 9.17) is 18.9 Å². The lowest BCUT2D eigenvalue weighted by molar-refractivity contribution is -0.180. The highest BCUT2D eigenvalue weighted by atomic mass is 16.7. The molecule has 0 aliphatic carbocycles. The van der Waals surface area contributed by atoms with Gasteiger partial charge in [0.2, 0.25) is 0 Å². The van der Waals surface area contributed by atoms with Gasteiger partial charge in [-0.25, -0.2) is 0 Å². The Labute approximate surface area is 354 Å². The molecule has 0 saturated carbocycles. The van der Waals surface area contributed by atoms with E-state index in [1.54, 1.807) is 0 Å². The zero-order chi connectivity index (χ0) is 41.7. The topological polar surface area (TPSA) is 74.3 Å². The van der Waals surface area contributed by atoms with Crippen molar-refractivity contribution >= 4 is 11.9 Å². The van der Waals surface area contributed by atoms with Crippen LogP contribution in [0.15, 0.2) is 0 Å². The minimum absolute atomic E-state index is 0.00889. The first-order valence-electron chi connectivity index (χ1n) is 25.0. The van der Waals surface area contributed by atoms with Crippen LogP contribution in [0, 0.1) is 11.8 Å². The molecule has 0 amide bonds. The number of nitrogens with zero attached hydrogens (tertiary/aromatic N) is 1. The van der Waals surface area contributed by atoms with Gasteiger partial charge in [-0.1, -0.05) is 182 Å². The molecular weight excluding hydrogens is 711 g/mol. The van der Waals surface area contributed by atoms with Crippen LogP contribution in [0.2, 0.25) is 0 Å². The van der Waals surface area contributed by atoms with E-state index in [0.29, 0.717) is 44.5 Å². The second-order valence-corrected chi connectivity index (χ2v) is 18.2. The van der Waals surface area contributed by atoms with Gasteiger partial charge in [-0.2, -0.15) is 0 Å². The lowest BCUT2D eigenvalue weighted by Gasteiger charge is -2.29. The molecule has 1 unspecified atom stereocenters. The number of unbranched alkanes of at least 4 members (excludes halogenated alkanes) is 18. The maximum absolute atomic E-state index is 12.4. The normalized spacial score (nSPS) is 15.4. The maximum atomic E-state index is 12.4. The minimum Gasteiger partial charge on any atom is -0.466 e. The average molecular weight is 808 g/mol. The number of hydrogen-bond acceptors (Lipinski definition) is 7. The van der Waals surface area contributed by atoms with Crippen LogP contribution in [0.5, 0.6) is 0 Å². The van der Waals surface area contributed by atoms with Crippen molar-refractivity contribution in [2.75, 3.05) is 40.5 Å². The van der Waals surface area contributed by atoms with Crippen LogP contribution in [0.3, 0.4) is 0 Å². The van der Waals surface area contributed by atoms with Crippen LogP contribution in [-0.4, -0.2) is 69.2 Å². The number of likely N-dealkylation sites (N-methyl/N-ethyl adjacent to an activating group) is 1. The quantitative estimate of drug-likeness (QED) is 0.0449. The predicted molar refractivity (Wildman–Crippen MR) is 241 cm³/mol. The third kappa shape index (κ3) is 31.4. The van der Waals surface area contributed by atoms with Gasteiger partial charge in [0.1, 0.15) is 0 Å². The average Bonchev–Trinajstić information content (AvgIpc) is 3.58. The fraction of sp³-hybridized carbons (Fsp3) is 0.960. The summed E-state index contributed by atoms with van der Waals surface area (Å²) in [4.78, 5) is 27.0. The van der Waals surface area contributed by atoms with Crippen LogP contribution in [0.1, 0.15) is 246 Å². The molecule has 1 fully saturated rings. The fourth-order valence-electron chi connectivity index (χ4n) is 8.66. The molecule has 7 heteroatoms. The number of ether oxygens (including phenoxy) is 4. The molecule has 1 saturated heterocycles. The Morgan fingerprint density at radius 3 is 1.26 bits per heavy atom. The summed E-state index contributed by atoms with van der Waals surface area (Å²) in [6.07, 6.45) is 39.2. The zero-order valence-electron chi connectivity index (χ0n) is 39.0. The highest BCUT2D eigenvalue weighted by Gasteiger charge is 2.40. The lowest BCUT2D eigenvalue weighted by Crippen LogP contribution is -2.33. The van der Waals surface area contributed by atoms with Crippen molar-refractivity contribution in [1.82, 2.24) is 4.90 Å². The van der Waals surface area contributed by atoms with Crippen LogP contribution >= 0.6 is 0 Å². The van der Waals surface area contributed by atoms with Crippen molar-refractivity contribution in [3.63, 3.8) is 0 Å². The molecule has 7 nitrogen and oxygen atoms in total. The predicted octanol–water partition coefficient (Wildman–Crippen LogP) is 14.3. The van der Waals surface area contributed by atoms with E-state index in [-0.39, 0.29) is 18.0 Å². The number of rotatable bonds is 42. The Morgan fingerprint density at radius 1 is 0.526 bits per heavy atom. The van der Waals surface area contributed by atoms with Gasteiger partial charge >= 0.3 is 11.9 Å². The van der Waals surface area contributed by atoms with Crippen molar-refractivity contribution in [2.45, 2.75) is 258 Å². The molecule has 0 aromatic rings. The molecule has 1 aliphatic heterocycles. The summed E-state index contributed by atoms with van der Waals surface area (Å²) >= 11 is 0. The van der Waals surface area contributed by atoms with E-state index < -0.39 is 5.79 Å². The third-order valence-electron chi connectivity index (χ3n) is 12.3. The summed E-state index contributed by atoms with van der Waals surface area (Å²) in [6, 6.07) is 0. The van der Waals surface area contributed by atoms with Crippen molar-refractivity contribution in [1.29, 1.82) is 0 Å². The number of carbonyl (C=O) groups excluding carboxylic acids is 2. The number of carbonyl (C=O) groups is 2. The van der Waals surface area contributed by atoms with E-state index >= 15 is 0 Å². The Kier molecular flexibility index (Phi) is 35.7. The SMILES string of the molecule is CCCCCC(CCCCC)CCOC(=O)CCCCCCCCC1(CCCCCCCCC(=O)OCCC(CCCCC)CCCCC)OCC(CN(C)C)O1. The van der Waals surface area contributed by atoms with Crippen LogP contribution in [0.4, 0.5) is 0 Å². The van der Waals surface area contributed by atoms with Gasteiger partial charge in [0, 0.05) is 32.2 Å². The molecule has 1 heterocycles. The largest absolute Gasteiger partial charge is 0.466 e. The maximum Gasteiger partial charge on any atom is 0.305 e. The standard InChI is InChI=1S/C50H97NO6/c1-7-11-23-31-45(32-24-12-8-2)37-41-54-48(52)35-27-19-15-17-21-29-39-50(56-44-47(57-50)43-51(5)6)40-30-22-18-16-20-28-36-49(53)55-42-38-46(33-25-13-9-3)34-26-14-10-4/h45-47H,7-44H2,1-6H3. The molecule has 57 heavy (non-hydrogen) atoms. The van der Waals surface area contributed by atoms with Crippen LogP contribution in [-0.2, 0) is 28.5 Å². The van der Waals surface area contributed by atoms with E-state index in [1.165, 1.54) is 141 Å². The molecule has 0 aromatic carbocycles. The lowest BCUT2D eigenvalue weighted by atomic mass is 9.92. The number of esters is 2. The molecular formula is C50H97NO6. The summed E-state index contributed by atoms with van der Waals surface area (Å²) in [6.45, 7) is 11.8. The fourth-order valence-corrected chi connectivity index (χ4v) is 8.66. The molecule has 0 radical (unpaired) electrons. The van der Waals surface area contributed by atoms with Gasteiger partial charge in [-0.05, 0) is 64.5 Å². The summed E-state index contributed by atoms with van der Waals surface area (Å²) in [5, 5.41) is 0. The molecule has 1 atom stereocenters. The van der Waals surface area contributed by atoms with Crippen molar-refractivity contribution in [3.05, 3.63) is 0 Å². The molecule has 0 spiro atoms. The van der Waals surface area contributed by atoms with Crippen LogP contribution in [0.25, 0.3) is 0 Å². The second-order valence-electron chi connectivity index (χ2n) is 18.2. The van der Waals surface area contributed by atoms with E-state index in [1.807, 2.05) is 0 Å². The molecule has 338 valence electrons. The Bertz CT molecular complexity index is 833. The molecule has 1 rings (SSSR count). The Morgan fingerprint density at radius 2 is 0.895 bits per heavy atom. The van der Waals surface area contributed by atoms with Crippen LogP contribution < -0.4 is 0 Å². The van der Waals surface area contributed by atoms with Gasteiger partial charge in [0.15, 0.2) is 5.79 Å². The van der Waals surface area contributed by atoms with Crippen molar-refractivity contribution < 1.29 is 28.5 Å². The summed E-state index contributed by atoms with van der Waals surface area (Å²) in [7, 11) is 4.20. The van der Waals surface area contributed by atoms with Gasteiger partial charge in [0.25, 0.3) is 0 Å². The first-order valence-corrected chi connectivity index (χ1v) is 25.0. The first kappa shape index (κ1) is 53.8. The zero-order valence-corrected chi connectivity index (χ0v) is 39.0. The van der Waals surface area contributed by atoms with Gasteiger partial charge < -0.3 is 23.8 Å². The highest BCUT2D eigenvalue weighted by Crippen LogP contribution is 2.35. The van der Waals surface area contributed by atoms with Gasteiger partial charge in [-0.15, -0.1) is 0 Å². The Hall–Kier alpha value is -1.18. The smallest absolute Gasteiger partial charge is 0.305 e. The van der Waals surface area contributed by atoms with Crippen molar-refractivity contribution in [2.24, 2.45) is 11.8 Å². The van der Waals surface area contributed by atoms with Crippen molar-refractivity contribution in [3.8, 4) is 0 Å². The van der Waals surface area contributed by atoms with E-state index in [2.05, 4.69) is 46.7 Å². The summed E-state index contributed by atoms with van der Waals surface area (Å²) < 4.78 is 24.4. The molecule has 0 N–H and O–H groups in total. The molecule has 0 bridgehead atoms. The first-order chi connectivity index (χ1) is 27.8.